The summed E-state index contributed by atoms with van der Waals surface area (Å²) in [6.45, 7) is 5.26. The number of hydrogen-bond donors (Lipinski definition) is 3. The van der Waals surface area contributed by atoms with Crippen molar-refractivity contribution in [2.75, 3.05) is 23.8 Å². The van der Waals surface area contributed by atoms with E-state index < -0.39 is 17.7 Å². The number of carboxylic acid groups (broad SMARTS) is 1. The molecule has 0 bridgehead atoms. The van der Waals surface area contributed by atoms with Crippen LogP contribution in [0, 0.1) is 11.7 Å². The van der Waals surface area contributed by atoms with Crippen LogP contribution in [0.4, 0.5) is 21.5 Å². The Morgan fingerprint density at radius 3 is 2.66 bits per heavy atom. The highest BCUT2D eigenvalue weighted by molar-refractivity contribution is 5.76. The Morgan fingerprint density at radius 1 is 1.23 bits per heavy atom. The predicted molar refractivity (Wildman–Crippen MR) is 132 cm³/mol. The Bertz CT molecular complexity index is 1000. The van der Waals surface area contributed by atoms with E-state index in [1.807, 2.05) is 6.92 Å². The number of carboxylic acids is 1. The molecular weight excluding hydrogens is 451 g/mol. The average Bonchev–Trinajstić information content (AvgIpc) is 3.68. The SMILES string of the molecule is CCC1CC(Nc2cc(F)c(C(CC)CC(=O)O)cc2Nc2cnc(OCC3CC3)nc2)CCO1. The first-order chi connectivity index (χ1) is 16.9. The van der Waals surface area contributed by atoms with Crippen LogP contribution in [0.3, 0.4) is 0 Å². The molecule has 2 fully saturated rings. The number of nitrogens with zero attached hydrogens (tertiary/aromatic N) is 2. The van der Waals surface area contributed by atoms with Gasteiger partial charge in [-0.15, -0.1) is 0 Å². The minimum Gasteiger partial charge on any atom is -0.481 e. The van der Waals surface area contributed by atoms with E-state index in [1.165, 1.54) is 18.9 Å². The van der Waals surface area contributed by atoms with Crippen molar-refractivity contribution < 1.29 is 23.8 Å². The number of hydrogen-bond acceptors (Lipinski definition) is 7. The zero-order chi connectivity index (χ0) is 24.8. The molecule has 1 aliphatic heterocycles. The maximum Gasteiger partial charge on any atom is 0.316 e. The molecule has 190 valence electrons. The zero-order valence-corrected chi connectivity index (χ0v) is 20.4. The van der Waals surface area contributed by atoms with Gasteiger partial charge in [-0.3, -0.25) is 4.79 Å². The van der Waals surface area contributed by atoms with E-state index in [-0.39, 0.29) is 18.6 Å². The molecule has 2 aromatic rings. The number of rotatable bonds is 12. The first-order valence-corrected chi connectivity index (χ1v) is 12.6. The van der Waals surface area contributed by atoms with Crippen LogP contribution < -0.4 is 15.4 Å². The standard InChI is InChI=1S/C26H35FN4O4/c1-3-17(9-25(32)33)21-11-23(31-19-13-28-26(29-14-19)35-15-16-5-6-16)24(12-22(21)27)30-18-7-8-34-20(4-2)10-18/h11-14,16-18,20,30-31H,3-10,15H2,1-2H3,(H,32,33). The van der Waals surface area contributed by atoms with Gasteiger partial charge < -0.3 is 25.2 Å². The molecule has 3 unspecified atom stereocenters. The smallest absolute Gasteiger partial charge is 0.316 e. The first-order valence-electron chi connectivity index (χ1n) is 12.6. The molecule has 1 saturated heterocycles. The van der Waals surface area contributed by atoms with E-state index >= 15 is 4.39 Å². The van der Waals surface area contributed by atoms with E-state index in [9.17, 15) is 9.90 Å². The Kier molecular flexibility index (Phi) is 8.38. The van der Waals surface area contributed by atoms with Gasteiger partial charge in [0, 0.05) is 12.6 Å². The number of anilines is 3. The topological polar surface area (TPSA) is 106 Å². The monoisotopic (exact) mass is 486 g/mol. The van der Waals surface area contributed by atoms with Gasteiger partial charge in [0.15, 0.2) is 0 Å². The van der Waals surface area contributed by atoms with Crippen LogP contribution in [0.25, 0.3) is 0 Å². The van der Waals surface area contributed by atoms with Gasteiger partial charge in [-0.2, -0.15) is 0 Å². The Morgan fingerprint density at radius 2 is 2.00 bits per heavy atom. The van der Waals surface area contributed by atoms with Gasteiger partial charge in [0.25, 0.3) is 0 Å². The van der Waals surface area contributed by atoms with Crippen molar-refractivity contribution in [3.05, 3.63) is 35.9 Å². The molecular formula is C26H35FN4O4. The van der Waals surface area contributed by atoms with Crippen molar-refractivity contribution in [2.45, 2.75) is 76.9 Å². The minimum atomic E-state index is -0.948. The van der Waals surface area contributed by atoms with Crippen LogP contribution >= 0.6 is 0 Å². The first kappa shape index (κ1) is 25.2. The molecule has 0 amide bonds. The largest absolute Gasteiger partial charge is 0.481 e. The highest BCUT2D eigenvalue weighted by Gasteiger charge is 2.25. The predicted octanol–water partition coefficient (Wildman–Crippen LogP) is 5.49. The number of ether oxygens (including phenoxy) is 2. The third kappa shape index (κ3) is 7.04. The van der Waals surface area contributed by atoms with Gasteiger partial charge >= 0.3 is 12.0 Å². The van der Waals surface area contributed by atoms with Crippen LogP contribution in [0.5, 0.6) is 6.01 Å². The van der Waals surface area contributed by atoms with Crippen LogP contribution in [-0.2, 0) is 9.53 Å². The van der Waals surface area contributed by atoms with E-state index in [1.54, 1.807) is 18.5 Å². The maximum absolute atomic E-state index is 15.2. The molecule has 4 rings (SSSR count). The van der Waals surface area contributed by atoms with Crippen LogP contribution in [0.1, 0.15) is 70.3 Å². The number of nitrogens with one attached hydrogen (secondary N) is 2. The Labute approximate surface area is 205 Å². The fourth-order valence-electron chi connectivity index (χ4n) is 4.41. The van der Waals surface area contributed by atoms with Gasteiger partial charge in [0.2, 0.25) is 0 Å². The average molecular weight is 487 g/mol. The summed E-state index contributed by atoms with van der Waals surface area (Å²) < 4.78 is 26.6. The van der Waals surface area contributed by atoms with Crippen molar-refractivity contribution in [2.24, 2.45) is 5.92 Å². The Balaban J connectivity index is 1.57. The molecule has 0 spiro atoms. The van der Waals surface area contributed by atoms with Gasteiger partial charge in [-0.1, -0.05) is 13.8 Å². The molecule has 9 heteroatoms. The lowest BCUT2D eigenvalue weighted by Crippen LogP contribution is -2.33. The quantitative estimate of drug-likeness (QED) is 0.362. The number of aromatic nitrogens is 2. The number of halogens is 1. The van der Waals surface area contributed by atoms with Crippen molar-refractivity contribution in [1.29, 1.82) is 0 Å². The maximum atomic E-state index is 15.2. The fraction of sp³-hybridized carbons (Fsp3) is 0.577. The summed E-state index contributed by atoms with van der Waals surface area (Å²) in [7, 11) is 0. The molecule has 1 aromatic carbocycles. The summed E-state index contributed by atoms with van der Waals surface area (Å²) in [5.41, 5.74) is 2.29. The molecule has 8 nitrogen and oxygen atoms in total. The lowest BCUT2D eigenvalue weighted by atomic mass is 9.91. The lowest BCUT2D eigenvalue weighted by Gasteiger charge is -2.31. The summed E-state index contributed by atoms with van der Waals surface area (Å²) in [6.07, 6.45) is 8.81. The number of aliphatic carboxylic acids is 1. The van der Waals surface area contributed by atoms with Crippen LogP contribution in [0.15, 0.2) is 24.5 Å². The van der Waals surface area contributed by atoms with Gasteiger partial charge in [0.1, 0.15) is 5.82 Å². The minimum absolute atomic E-state index is 0.131. The normalized spacial score (nSPS) is 20.8. The van der Waals surface area contributed by atoms with E-state index in [4.69, 9.17) is 9.47 Å². The molecule has 1 saturated carbocycles. The second-order valence-corrected chi connectivity index (χ2v) is 9.52. The third-order valence-corrected chi connectivity index (χ3v) is 6.72. The molecule has 3 atom stereocenters. The summed E-state index contributed by atoms with van der Waals surface area (Å²) in [4.78, 5) is 19.9. The molecule has 2 heterocycles. The van der Waals surface area contributed by atoms with E-state index in [0.29, 0.717) is 54.2 Å². The van der Waals surface area contributed by atoms with E-state index in [2.05, 4.69) is 27.5 Å². The molecule has 2 aliphatic rings. The number of benzene rings is 1. The lowest BCUT2D eigenvalue weighted by molar-refractivity contribution is -0.137. The number of carbonyl (C=O) groups is 1. The summed E-state index contributed by atoms with van der Waals surface area (Å²) in [6, 6.07) is 3.66. The highest BCUT2D eigenvalue weighted by atomic mass is 19.1. The second-order valence-electron chi connectivity index (χ2n) is 9.52. The molecule has 1 aliphatic carbocycles. The molecule has 1 aromatic heterocycles. The van der Waals surface area contributed by atoms with Gasteiger partial charge in [-0.25, -0.2) is 14.4 Å². The Hall–Kier alpha value is -2.94. The van der Waals surface area contributed by atoms with Crippen LogP contribution in [-0.4, -0.2) is 46.4 Å². The second kappa shape index (κ2) is 11.7. The van der Waals surface area contributed by atoms with Gasteiger partial charge in [0.05, 0.1) is 48.6 Å². The third-order valence-electron chi connectivity index (χ3n) is 6.72. The summed E-state index contributed by atoms with van der Waals surface area (Å²) in [5.74, 6) is -1.18. The highest BCUT2D eigenvalue weighted by Crippen LogP contribution is 2.36. The zero-order valence-electron chi connectivity index (χ0n) is 20.4. The van der Waals surface area contributed by atoms with Crippen molar-refractivity contribution in [3.8, 4) is 6.01 Å². The van der Waals surface area contributed by atoms with Crippen LogP contribution in [0.2, 0.25) is 0 Å². The molecule has 3 N–H and O–H groups in total. The van der Waals surface area contributed by atoms with Gasteiger partial charge in [-0.05, 0) is 68.1 Å². The van der Waals surface area contributed by atoms with Crippen molar-refractivity contribution >= 4 is 23.0 Å². The summed E-state index contributed by atoms with van der Waals surface area (Å²) >= 11 is 0. The molecule has 35 heavy (non-hydrogen) atoms. The van der Waals surface area contributed by atoms with E-state index in [0.717, 1.165) is 19.3 Å². The van der Waals surface area contributed by atoms with Crippen molar-refractivity contribution in [1.82, 2.24) is 9.97 Å². The molecule has 0 radical (unpaired) electrons. The fourth-order valence-corrected chi connectivity index (χ4v) is 4.41. The van der Waals surface area contributed by atoms with Crippen molar-refractivity contribution in [3.63, 3.8) is 0 Å². The summed E-state index contributed by atoms with van der Waals surface area (Å²) in [5, 5.41) is 16.1.